The Morgan fingerprint density at radius 3 is 2.76 bits per heavy atom. The molecule has 0 saturated heterocycles. The summed E-state index contributed by atoms with van der Waals surface area (Å²) in [6.07, 6.45) is 6.22. The molecule has 0 spiro atoms. The van der Waals surface area contributed by atoms with Crippen molar-refractivity contribution in [3.63, 3.8) is 0 Å². The van der Waals surface area contributed by atoms with Gasteiger partial charge in [0.2, 0.25) is 0 Å². The number of pyridine rings is 1. The lowest BCUT2D eigenvalue weighted by Crippen LogP contribution is -2.03. The van der Waals surface area contributed by atoms with E-state index in [0.29, 0.717) is 17.2 Å². The van der Waals surface area contributed by atoms with Gasteiger partial charge in [0.1, 0.15) is 11.6 Å². The van der Waals surface area contributed by atoms with Crippen LogP contribution in [0.15, 0.2) is 36.9 Å². The van der Waals surface area contributed by atoms with Gasteiger partial charge in [-0.25, -0.2) is 14.8 Å². The number of carbonyl (C=O) groups excluding carboxylic acids is 1. The van der Waals surface area contributed by atoms with E-state index in [2.05, 4.69) is 25.0 Å². The fourth-order valence-corrected chi connectivity index (χ4v) is 1.24. The van der Waals surface area contributed by atoms with Gasteiger partial charge in [0.25, 0.3) is 0 Å². The summed E-state index contributed by atoms with van der Waals surface area (Å²) < 4.78 is 4.62. The van der Waals surface area contributed by atoms with Crippen molar-refractivity contribution in [1.82, 2.24) is 15.0 Å². The smallest absolute Gasteiger partial charge is 0.338 e. The molecular weight excluding hydrogens is 220 g/mol. The van der Waals surface area contributed by atoms with Crippen LogP contribution >= 0.6 is 0 Å². The average molecular weight is 230 g/mol. The molecule has 2 rings (SSSR count). The molecule has 0 saturated carbocycles. The third-order valence-corrected chi connectivity index (χ3v) is 2.00. The number of ether oxygens (including phenoxy) is 1. The molecule has 0 aliphatic heterocycles. The van der Waals surface area contributed by atoms with Crippen molar-refractivity contribution in [3.8, 4) is 0 Å². The second-order valence-corrected chi connectivity index (χ2v) is 3.14. The fraction of sp³-hybridized carbons (Fsp3) is 0.0909. The molecule has 0 aliphatic rings. The molecule has 86 valence electrons. The highest BCUT2D eigenvalue weighted by atomic mass is 16.5. The van der Waals surface area contributed by atoms with Gasteiger partial charge in [0.15, 0.2) is 0 Å². The van der Waals surface area contributed by atoms with Crippen LogP contribution in [-0.4, -0.2) is 28.0 Å². The van der Waals surface area contributed by atoms with Crippen LogP contribution in [0.5, 0.6) is 0 Å². The first-order chi connectivity index (χ1) is 8.29. The first-order valence-corrected chi connectivity index (χ1v) is 4.87. The lowest BCUT2D eigenvalue weighted by atomic mass is 10.2. The highest BCUT2D eigenvalue weighted by Crippen LogP contribution is 2.12. The van der Waals surface area contributed by atoms with E-state index in [1.807, 2.05) is 0 Å². The molecule has 0 bridgehead atoms. The van der Waals surface area contributed by atoms with E-state index in [1.165, 1.54) is 13.3 Å². The molecule has 0 radical (unpaired) electrons. The quantitative estimate of drug-likeness (QED) is 0.803. The zero-order valence-corrected chi connectivity index (χ0v) is 9.12. The largest absolute Gasteiger partial charge is 0.465 e. The van der Waals surface area contributed by atoms with E-state index in [4.69, 9.17) is 0 Å². The molecular formula is C11H10N4O2. The van der Waals surface area contributed by atoms with Gasteiger partial charge in [-0.1, -0.05) is 0 Å². The van der Waals surface area contributed by atoms with Gasteiger partial charge in [-0.2, -0.15) is 0 Å². The molecule has 1 N–H and O–H groups in total. The first kappa shape index (κ1) is 11.0. The van der Waals surface area contributed by atoms with Crippen LogP contribution in [0.3, 0.4) is 0 Å². The number of carbonyl (C=O) groups is 1. The van der Waals surface area contributed by atoms with Gasteiger partial charge in [-0.05, 0) is 12.1 Å². The molecule has 17 heavy (non-hydrogen) atoms. The van der Waals surface area contributed by atoms with Crippen molar-refractivity contribution in [1.29, 1.82) is 0 Å². The van der Waals surface area contributed by atoms with Crippen molar-refractivity contribution in [2.24, 2.45) is 0 Å². The number of nitrogens with one attached hydrogen (secondary N) is 1. The van der Waals surface area contributed by atoms with Gasteiger partial charge in [-0.15, -0.1) is 0 Å². The number of esters is 1. The third kappa shape index (κ3) is 2.75. The Balaban J connectivity index is 2.20. The molecule has 0 aromatic carbocycles. The van der Waals surface area contributed by atoms with E-state index in [0.717, 1.165) is 0 Å². The molecule has 2 aromatic rings. The number of hydrogen-bond acceptors (Lipinski definition) is 6. The summed E-state index contributed by atoms with van der Waals surface area (Å²) in [5.74, 6) is 0.657. The second kappa shape index (κ2) is 5.02. The predicted molar refractivity (Wildman–Crippen MR) is 60.9 cm³/mol. The van der Waals surface area contributed by atoms with Crippen molar-refractivity contribution in [3.05, 3.63) is 42.5 Å². The standard InChI is InChI=1S/C11H10N4O2/c1-17-11(16)8-2-3-13-9(6-8)15-10-7-12-4-5-14-10/h2-7H,1H3,(H,13,14,15). The minimum Gasteiger partial charge on any atom is -0.465 e. The van der Waals surface area contributed by atoms with E-state index < -0.39 is 5.97 Å². The molecule has 2 aromatic heterocycles. The minimum absolute atomic E-state index is 0.408. The number of rotatable bonds is 3. The molecule has 6 nitrogen and oxygen atoms in total. The Morgan fingerprint density at radius 1 is 1.24 bits per heavy atom. The van der Waals surface area contributed by atoms with E-state index in [1.54, 1.807) is 30.7 Å². The van der Waals surface area contributed by atoms with Crippen molar-refractivity contribution < 1.29 is 9.53 Å². The van der Waals surface area contributed by atoms with E-state index in [-0.39, 0.29) is 0 Å². The normalized spacial score (nSPS) is 9.71. The first-order valence-electron chi connectivity index (χ1n) is 4.87. The zero-order chi connectivity index (χ0) is 12.1. The Bertz CT molecular complexity index is 516. The van der Waals surface area contributed by atoms with E-state index >= 15 is 0 Å². The maximum Gasteiger partial charge on any atom is 0.338 e. The predicted octanol–water partition coefficient (Wildman–Crippen LogP) is 1.40. The number of hydrogen-bond donors (Lipinski definition) is 1. The summed E-state index contributed by atoms with van der Waals surface area (Å²) >= 11 is 0. The SMILES string of the molecule is COC(=O)c1ccnc(Nc2cnccn2)c1. The maximum atomic E-state index is 11.3. The lowest BCUT2D eigenvalue weighted by molar-refractivity contribution is 0.0600. The lowest BCUT2D eigenvalue weighted by Gasteiger charge is -2.05. The van der Waals surface area contributed by atoms with Crippen molar-refractivity contribution in [2.45, 2.75) is 0 Å². The van der Waals surface area contributed by atoms with Crippen molar-refractivity contribution >= 4 is 17.6 Å². The highest BCUT2D eigenvalue weighted by molar-refractivity contribution is 5.90. The Kier molecular flexibility index (Phi) is 3.25. The summed E-state index contributed by atoms with van der Waals surface area (Å²) in [6.45, 7) is 0. The van der Waals surface area contributed by atoms with Crippen molar-refractivity contribution in [2.75, 3.05) is 12.4 Å². The van der Waals surface area contributed by atoms with E-state index in [9.17, 15) is 4.79 Å². The van der Waals surface area contributed by atoms with Gasteiger partial charge >= 0.3 is 5.97 Å². The van der Waals surface area contributed by atoms with Crippen LogP contribution in [-0.2, 0) is 4.74 Å². The number of nitrogens with zero attached hydrogens (tertiary/aromatic N) is 3. The monoisotopic (exact) mass is 230 g/mol. The van der Waals surface area contributed by atoms with Gasteiger partial charge < -0.3 is 10.1 Å². The summed E-state index contributed by atoms with van der Waals surface area (Å²) in [5, 5.41) is 2.93. The maximum absolute atomic E-state index is 11.3. The molecule has 6 heteroatoms. The van der Waals surface area contributed by atoms with Gasteiger partial charge in [-0.3, -0.25) is 4.98 Å². The van der Waals surface area contributed by atoms with Crippen LogP contribution in [0.25, 0.3) is 0 Å². The molecule has 0 atom stereocenters. The molecule has 0 aliphatic carbocycles. The fourth-order valence-electron chi connectivity index (χ4n) is 1.24. The molecule has 0 unspecified atom stereocenters. The van der Waals surface area contributed by atoms with Crippen LogP contribution in [0.2, 0.25) is 0 Å². The molecule has 0 fully saturated rings. The second-order valence-electron chi connectivity index (χ2n) is 3.14. The van der Waals surface area contributed by atoms with Crippen LogP contribution in [0.4, 0.5) is 11.6 Å². The zero-order valence-electron chi connectivity index (χ0n) is 9.12. The minimum atomic E-state index is -0.408. The number of methoxy groups -OCH3 is 1. The Labute approximate surface area is 97.7 Å². The topological polar surface area (TPSA) is 77.0 Å². The summed E-state index contributed by atoms with van der Waals surface area (Å²) in [7, 11) is 1.33. The van der Waals surface area contributed by atoms with Gasteiger partial charge in [0.05, 0.1) is 18.9 Å². The Hall–Kier alpha value is -2.50. The van der Waals surface area contributed by atoms with Gasteiger partial charge in [0, 0.05) is 18.6 Å². The van der Waals surface area contributed by atoms with Crippen LogP contribution in [0, 0.1) is 0 Å². The summed E-state index contributed by atoms with van der Waals surface area (Å²) in [4.78, 5) is 23.3. The number of anilines is 2. The average Bonchev–Trinajstić information content (AvgIpc) is 2.39. The molecule has 2 heterocycles. The molecule has 0 amide bonds. The third-order valence-electron chi connectivity index (χ3n) is 2.00. The summed E-state index contributed by atoms with van der Waals surface area (Å²) in [5.41, 5.74) is 0.425. The highest BCUT2D eigenvalue weighted by Gasteiger charge is 2.06. The van der Waals surface area contributed by atoms with Crippen LogP contribution < -0.4 is 5.32 Å². The van der Waals surface area contributed by atoms with Crippen LogP contribution in [0.1, 0.15) is 10.4 Å². The Morgan fingerprint density at radius 2 is 2.06 bits per heavy atom. The number of aromatic nitrogens is 3. The summed E-state index contributed by atoms with van der Waals surface area (Å²) in [6, 6.07) is 3.16.